The SMILES string of the molecule is Fc1ccc(-c2cc(-c3ccc(F)cc3)n(-c3ccccc3)n2)cc1. The van der Waals surface area contributed by atoms with Gasteiger partial charge in [-0.25, -0.2) is 13.5 Å². The fraction of sp³-hybridized carbons (Fsp3) is 0. The van der Waals surface area contributed by atoms with Gasteiger partial charge in [-0.15, -0.1) is 0 Å². The van der Waals surface area contributed by atoms with Crippen LogP contribution in [-0.2, 0) is 0 Å². The molecule has 0 aliphatic heterocycles. The molecule has 1 aromatic heterocycles. The smallest absolute Gasteiger partial charge is 0.123 e. The van der Waals surface area contributed by atoms with Gasteiger partial charge in [0.2, 0.25) is 0 Å². The Balaban J connectivity index is 1.89. The second kappa shape index (κ2) is 6.32. The predicted octanol–water partition coefficient (Wildman–Crippen LogP) is 5.48. The van der Waals surface area contributed by atoms with Crippen molar-refractivity contribution in [1.29, 1.82) is 0 Å². The molecule has 25 heavy (non-hydrogen) atoms. The van der Waals surface area contributed by atoms with Crippen LogP contribution in [0.4, 0.5) is 8.78 Å². The third-order valence-electron chi connectivity index (χ3n) is 3.99. The van der Waals surface area contributed by atoms with Crippen molar-refractivity contribution in [2.45, 2.75) is 0 Å². The summed E-state index contributed by atoms with van der Waals surface area (Å²) in [6, 6.07) is 24.1. The second-order valence-electron chi connectivity index (χ2n) is 5.68. The number of hydrogen-bond donors (Lipinski definition) is 0. The molecule has 4 aromatic rings. The quantitative estimate of drug-likeness (QED) is 0.485. The number of hydrogen-bond acceptors (Lipinski definition) is 1. The van der Waals surface area contributed by atoms with E-state index in [1.165, 1.54) is 24.3 Å². The molecule has 0 bridgehead atoms. The van der Waals surface area contributed by atoms with Crippen molar-refractivity contribution in [3.8, 4) is 28.2 Å². The van der Waals surface area contributed by atoms with E-state index in [2.05, 4.69) is 5.10 Å². The van der Waals surface area contributed by atoms with Gasteiger partial charge in [-0.2, -0.15) is 5.10 Å². The van der Waals surface area contributed by atoms with Crippen molar-refractivity contribution in [3.05, 3.63) is 96.6 Å². The molecular weight excluding hydrogens is 318 g/mol. The maximum atomic E-state index is 13.3. The van der Waals surface area contributed by atoms with Gasteiger partial charge in [0.05, 0.1) is 17.1 Å². The molecule has 0 unspecified atom stereocenters. The average Bonchev–Trinajstić information content (AvgIpc) is 3.09. The number of benzene rings is 3. The first kappa shape index (κ1) is 15.3. The molecule has 0 atom stereocenters. The van der Waals surface area contributed by atoms with Crippen LogP contribution >= 0.6 is 0 Å². The van der Waals surface area contributed by atoms with Crippen molar-refractivity contribution in [1.82, 2.24) is 9.78 Å². The van der Waals surface area contributed by atoms with Gasteiger partial charge in [-0.3, -0.25) is 0 Å². The van der Waals surface area contributed by atoms with Crippen LogP contribution in [0.5, 0.6) is 0 Å². The minimum Gasteiger partial charge on any atom is -0.232 e. The summed E-state index contributed by atoms with van der Waals surface area (Å²) in [6.07, 6.45) is 0. The molecule has 3 aromatic carbocycles. The number of nitrogens with zero attached hydrogens (tertiary/aromatic N) is 2. The largest absolute Gasteiger partial charge is 0.232 e. The van der Waals surface area contributed by atoms with Gasteiger partial charge < -0.3 is 0 Å². The van der Waals surface area contributed by atoms with E-state index < -0.39 is 0 Å². The highest BCUT2D eigenvalue weighted by Crippen LogP contribution is 2.29. The molecule has 4 rings (SSSR count). The first-order valence-electron chi connectivity index (χ1n) is 7.88. The number of rotatable bonds is 3. The summed E-state index contributed by atoms with van der Waals surface area (Å²) < 4.78 is 28.3. The number of para-hydroxylation sites is 1. The predicted molar refractivity (Wildman–Crippen MR) is 94.4 cm³/mol. The topological polar surface area (TPSA) is 17.8 Å². The molecule has 0 N–H and O–H groups in total. The number of halogens is 2. The summed E-state index contributed by atoms with van der Waals surface area (Å²) in [4.78, 5) is 0. The van der Waals surface area contributed by atoms with Crippen LogP contribution in [0.3, 0.4) is 0 Å². The Hall–Kier alpha value is -3.27. The molecule has 4 heteroatoms. The van der Waals surface area contributed by atoms with Crippen molar-refractivity contribution < 1.29 is 8.78 Å². The van der Waals surface area contributed by atoms with E-state index >= 15 is 0 Å². The van der Waals surface area contributed by atoms with Crippen molar-refractivity contribution in [3.63, 3.8) is 0 Å². The van der Waals surface area contributed by atoms with Gasteiger partial charge in [-0.1, -0.05) is 18.2 Å². The maximum absolute atomic E-state index is 13.3. The van der Waals surface area contributed by atoms with Gasteiger partial charge in [0.15, 0.2) is 0 Å². The molecule has 2 nitrogen and oxygen atoms in total. The van der Waals surface area contributed by atoms with Crippen molar-refractivity contribution >= 4 is 0 Å². The molecule has 0 saturated heterocycles. The van der Waals surface area contributed by atoms with Crippen LogP contribution in [0.2, 0.25) is 0 Å². The molecule has 0 spiro atoms. The first-order chi connectivity index (χ1) is 12.2. The van der Waals surface area contributed by atoms with Gasteiger partial charge in [0.25, 0.3) is 0 Å². The number of aromatic nitrogens is 2. The highest BCUT2D eigenvalue weighted by atomic mass is 19.1. The Morgan fingerprint density at radius 3 is 1.80 bits per heavy atom. The Labute approximate surface area is 144 Å². The summed E-state index contributed by atoms with van der Waals surface area (Å²) >= 11 is 0. The summed E-state index contributed by atoms with van der Waals surface area (Å²) in [5.74, 6) is -0.571. The Bertz CT molecular complexity index is 989. The lowest BCUT2D eigenvalue weighted by Crippen LogP contribution is -1.98. The van der Waals surface area contributed by atoms with Crippen molar-refractivity contribution in [2.24, 2.45) is 0 Å². The summed E-state index contributed by atoms with van der Waals surface area (Å²) in [5.41, 5.74) is 4.13. The van der Waals surface area contributed by atoms with Crippen LogP contribution in [0.15, 0.2) is 84.9 Å². The molecule has 0 radical (unpaired) electrons. The van der Waals surface area contributed by atoms with Gasteiger partial charge in [0, 0.05) is 11.1 Å². The lowest BCUT2D eigenvalue weighted by Gasteiger charge is -2.07. The maximum Gasteiger partial charge on any atom is 0.123 e. The van der Waals surface area contributed by atoms with E-state index in [0.717, 1.165) is 28.2 Å². The van der Waals surface area contributed by atoms with Crippen LogP contribution in [-0.4, -0.2) is 9.78 Å². The fourth-order valence-corrected chi connectivity index (χ4v) is 2.74. The lowest BCUT2D eigenvalue weighted by molar-refractivity contribution is 0.627. The molecular formula is C21H14F2N2. The van der Waals surface area contributed by atoms with Crippen LogP contribution in [0.25, 0.3) is 28.2 Å². The third kappa shape index (κ3) is 3.06. The zero-order valence-corrected chi connectivity index (χ0v) is 13.2. The average molecular weight is 332 g/mol. The Morgan fingerprint density at radius 2 is 1.20 bits per heavy atom. The van der Waals surface area contributed by atoms with Gasteiger partial charge in [0.1, 0.15) is 11.6 Å². The van der Waals surface area contributed by atoms with E-state index in [4.69, 9.17) is 0 Å². The van der Waals surface area contributed by atoms with Crippen LogP contribution in [0, 0.1) is 11.6 Å². The van der Waals surface area contributed by atoms with E-state index in [1.807, 2.05) is 41.1 Å². The molecule has 0 saturated carbocycles. The lowest BCUT2D eigenvalue weighted by atomic mass is 10.1. The molecule has 1 heterocycles. The Morgan fingerprint density at radius 1 is 0.640 bits per heavy atom. The Kier molecular flexibility index (Phi) is 3.86. The molecule has 0 amide bonds. The monoisotopic (exact) mass is 332 g/mol. The normalized spacial score (nSPS) is 10.8. The van der Waals surface area contributed by atoms with Crippen molar-refractivity contribution in [2.75, 3.05) is 0 Å². The highest BCUT2D eigenvalue weighted by molar-refractivity contribution is 5.70. The minimum absolute atomic E-state index is 0.284. The first-order valence-corrected chi connectivity index (χ1v) is 7.88. The van der Waals surface area contributed by atoms with Crippen LogP contribution in [0.1, 0.15) is 0 Å². The summed E-state index contributed by atoms with van der Waals surface area (Å²) in [7, 11) is 0. The summed E-state index contributed by atoms with van der Waals surface area (Å²) in [5, 5.41) is 4.68. The van der Waals surface area contributed by atoms with Gasteiger partial charge in [-0.05, 0) is 66.7 Å². The zero-order valence-electron chi connectivity index (χ0n) is 13.2. The molecule has 122 valence electrons. The van der Waals surface area contributed by atoms with E-state index in [9.17, 15) is 8.78 Å². The molecule has 0 aliphatic carbocycles. The zero-order chi connectivity index (χ0) is 17.2. The standard InChI is InChI=1S/C21H14F2N2/c22-17-10-6-15(7-11-17)20-14-21(16-8-12-18(23)13-9-16)25(24-20)19-4-2-1-3-5-19/h1-14H. The van der Waals surface area contributed by atoms with E-state index in [0.29, 0.717) is 0 Å². The second-order valence-corrected chi connectivity index (χ2v) is 5.68. The molecule has 0 fully saturated rings. The molecule has 0 aliphatic rings. The summed E-state index contributed by atoms with van der Waals surface area (Å²) in [6.45, 7) is 0. The van der Waals surface area contributed by atoms with E-state index in [1.54, 1.807) is 24.3 Å². The van der Waals surface area contributed by atoms with E-state index in [-0.39, 0.29) is 11.6 Å². The third-order valence-corrected chi connectivity index (χ3v) is 3.99. The van der Waals surface area contributed by atoms with Crippen LogP contribution < -0.4 is 0 Å². The van der Waals surface area contributed by atoms with Gasteiger partial charge >= 0.3 is 0 Å². The highest BCUT2D eigenvalue weighted by Gasteiger charge is 2.13. The minimum atomic E-state index is -0.287. The fourth-order valence-electron chi connectivity index (χ4n) is 2.74.